The molecular formula is C25H30N2O3. The molecule has 0 spiro atoms. The Bertz CT molecular complexity index is 896. The number of benzene rings is 2. The van der Waals surface area contributed by atoms with E-state index in [0.29, 0.717) is 18.8 Å². The number of amides is 2. The van der Waals surface area contributed by atoms with Crippen LogP contribution in [0, 0.1) is 11.3 Å². The number of carbonyl (C=O) groups is 2. The second kappa shape index (κ2) is 8.50. The number of carbonyl (C=O) groups excluding carboxylic acids is 2. The van der Waals surface area contributed by atoms with E-state index in [9.17, 15) is 14.7 Å². The van der Waals surface area contributed by atoms with Gasteiger partial charge in [-0.2, -0.15) is 0 Å². The van der Waals surface area contributed by atoms with Crippen molar-refractivity contribution in [2.24, 2.45) is 11.3 Å². The summed E-state index contributed by atoms with van der Waals surface area (Å²) in [4.78, 5) is 29.0. The van der Waals surface area contributed by atoms with Gasteiger partial charge in [-0.3, -0.25) is 9.59 Å². The van der Waals surface area contributed by atoms with Crippen molar-refractivity contribution in [3.8, 4) is 5.75 Å². The molecule has 0 radical (unpaired) electrons. The lowest BCUT2D eigenvalue weighted by Gasteiger charge is -2.29. The van der Waals surface area contributed by atoms with E-state index in [0.717, 1.165) is 44.6 Å². The van der Waals surface area contributed by atoms with Gasteiger partial charge in [0.2, 0.25) is 11.8 Å². The van der Waals surface area contributed by atoms with Crippen molar-refractivity contribution in [3.63, 3.8) is 0 Å². The van der Waals surface area contributed by atoms with E-state index in [1.54, 1.807) is 19.1 Å². The van der Waals surface area contributed by atoms with Crippen LogP contribution in [0.5, 0.6) is 5.75 Å². The van der Waals surface area contributed by atoms with Crippen LogP contribution in [0.3, 0.4) is 0 Å². The number of nitrogens with zero attached hydrogens (tertiary/aromatic N) is 2. The van der Waals surface area contributed by atoms with Gasteiger partial charge >= 0.3 is 0 Å². The van der Waals surface area contributed by atoms with E-state index in [-0.39, 0.29) is 23.0 Å². The molecule has 1 N–H and O–H groups in total. The van der Waals surface area contributed by atoms with Gasteiger partial charge in [-0.1, -0.05) is 42.5 Å². The van der Waals surface area contributed by atoms with E-state index in [2.05, 4.69) is 24.3 Å². The van der Waals surface area contributed by atoms with Gasteiger partial charge in [0.15, 0.2) is 0 Å². The van der Waals surface area contributed by atoms with E-state index >= 15 is 0 Å². The van der Waals surface area contributed by atoms with Crippen LogP contribution in [0.4, 0.5) is 0 Å². The molecule has 4 rings (SSSR count). The molecule has 30 heavy (non-hydrogen) atoms. The molecule has 2 aromatic carbocycles. The number of aromatic hydroxyl groups is 1. The Balaban J connectivity index is 1.41. The zero-order valence-electron chi connectivity index (χ0n) is 17.6. The van der Waals surface area contributed by atoms with Gasteiger partial charge < -0.3 is 14.9 Å². The molecule has 2 aliphatic rings. The zero-order chi connectivity index (χ0) is 21.1. The quantitative estimate of drug-likeness (QED) is 0.801. The molecule has 2 saturated heterocycles. The van der Waals surface area contributed by atoms with Crippen molar-refractivity contribution in [3.05, 3.63) is 65.7 Å². The second-order valence-corrected chi connectivity index (χ2v) is 8.89. The minimum atomic E-state index is -0.00426. The highest BCUT2D eigenvalue weighted by atomic mass is 16.3. The first-order valence-corrected chi connectivity index (χ1v) is 10.8. The summed E-state index contributed by atoms with van der Waals surface area (Å²) in [6, 6.07) is 17.5. The highest BCUT2D eigenvalue weighted by Crippen LogP contribution is 2.46. The Kier molecular flexibility index (Phi) is 5.80. The normalized spacial score (nSPS) is 22.9. The number of aryl methyl sites for hydroxylation is 2. The third kappa shape index (κ3) is 4.35. The molecule has 0 saturated carbocycles. The number of phenolic OH excluding ortho intramolecular Hbond substituents is 1. The van der Waals surface area contributed by atoms with Gasteiger partial charge in [0.25, 0.3) is 0 Å². The number of hydrogen-bond donors (Lipinski definition) is 1. The summed E-state index contributed by atoms with van der Waals surface area (Å²) in [5, 5.41) is 9.42. The Labute approximate surface area is 178 Å². The molecule has 0 unspecified atom stereocenters. The molecule has 5 nitrogen and oxygen atoms in total. The standard InChI is InChI=1S/C25H30N2O3/c1-19(28)26-15-22-16-27(24(30)12-9-21-7-10-23(29)11-8-21)18-25(22,17-26)14-13-20-5-3-2-4-6-20/h2-8,10-11,22,29H,9,12-18H2,1H3/t22-,25+/m1/s1. The average molecular weight is 407 g/mol. The molecule has 0 aromatic heterocycles. The third-order valence-electron chi connectivity index (χ3n) is 6.88. The molecule has 2 fully saturated rings. The van der Waals surface area contributed by atoms with Gasteiger partial charge in [0.1, 0.15) is 5.75 Å². The lowest BCUT2D eigenvalue weighted by molar-refractivity contribution is -0.131. The predicted molar refractivity (Wildman–Crippen MR) is 116 cm³/mol. The molecule has 2 aromatic rings. The molecular weight excluding hydrogens is 376 g/mol. The number of phenols is 1. The van der Waals surface area contributed by atoms with E-state index in [4.69, 9.17) is 0 Å². The van der Waals surface area contributed by atoms with Crippen LogP contribution >= 0.6 is 0 Å². The van der Waals surface area contributed by atoms with Crippen LogP contribution in [0.1, 0.15) is 30.9 Å². The first-order valence-electron chi connectivity index (χ1n) is 10.8. The fourth-order valence-corrected chi connectivity index (χ4v) is 5.08. The lowest BCUT2D eigenvalue weighted by Crippen LogP contribution is -2.38. The number of rotatable bonds is 6. The minimum absolute atomic E-state index is 0.00426. The number of likely N-dealkylation sites (tertiary alicyclic amines) is 2. The highest BCUT2D eigenvalue weighted by Gasteiger charge is 2.53. The minimum Gasteiger partial charge on any atom is -0.508 e. The van der Waals surface area contributed by atoms with Gasteiger partial charge in [-0.25, -0.2) is 0 Å². The molecule has 2 amide bonds. The summed E-state index contributed by atoms with van der Waals surface area (Å²) < 4.78 is 0. The van der Waals surface area contributed by atoms with Crippen LogP contribution in [-0.2, 0) is 22.4 Å². The van der Waals surface area contributed by atoms with Crippen LogP contribution in [0.15, 0.2) is 54.6 Å². The van der Waals surface area contributed by atoms with Crippen LogP contribution in [0.2, 0.25) is 0 Å². The molecule has 2 aliphatic heterocycles. The summed E-state index contributed by atoms with van der Waals surface area (Å²) in [6.45, 7) is 4.63. The van der Waals surface area contributed by atoms with Crippen LogP contribution in [-0.4, -0.2) is 52.9 Å². The molecule has 2 heterocycles. The van der Waals surface area contributed by atoms with E-state index in [1.165, 1.54) is 5.56 Å². The van der Waals surface area contributed by atoms with Gasteiger partial charge in [0.05, 0.1) is 0 Å². The van der Waals surface area contributed by atoms with Crippen LogP contribution < -0.4 is 0 Å². The van der Waals surface area contributed by atoms with Crippen molar-refractivity contribution in [2.75, 3.05) is 26.2 Å². The summed E-state index contributed by atoms with van der Waals surface area (Å²) in [6.07, 6.45) is 3.12. The third-order valence-corrected chi connectivity index (χ3v) is 6.88. The lowest BCUT2D eigenvalue weighted by atomic mass is 9.76. The molecule has 158 valence electrons. The maximum Gasteiger partial charge on any atom is 0.222 e. The number of hydrogen-bond acceptors (Lipinski definition) is 3. The molecule has 5 heteroatoms. The van der Waals surface area contributed by atoms with Crippen LogP contribution in [0.25, 0.3) is 0 Å². The Morgan fingerprint density at radius 1 is 0.933 bits per heavy atom. The van der Waals surface area contributed by atoms with E-state index < -0.39 is 0 Å². The van der Waals surface area contributed by atoms with E-state index in [1.807, 2.05) is 28.0 Å². The topological polar surface area (TPSA) is 60.9 Å². The van der Waals surface area contributed by atoms with Crippen molar-refractivity contribution < 1.29 is 14.7 Å². The van der Waals surface area contributed by atoms with Crippen molar-refractivity contribution in [1.29, 1.82) is 0 Å². The Morgan fingerprint density at radius 2 is 1.57 bits per heavy atom. The number of fused-ring (bicyclic) bond motifs is 1. The second-order valence-electron chi connectivity index (χ2n) is 8.89. The largest absolute Gasteiger partial charge is 0.508 e. The van der Waals surface area contributed by atoms with Gasteiger partial charge in [0, 0.05) is 50.9 Å². The fourth-order valence-electron chi connectivity index (χ4n) is 5.08. The van der Waals surface area contributed by atoms with Crippen molar-refractivity contribution in [2.45, 2.75) is 32.6 Å². The van der Waals surface area contributed by atoms with Gasteiger partial charge in [-0.05, 0) is 42.5 Å². The predicted octanol–water partition coefficient (Wildman–Crippen LogP) is 3.26. The first-order chi connectivity index (χ1) is 14.4. The maximum absolute atomic E-state index is 12.9. The summed E-state index contributed by atoms with van der Waals surface area (Å²) in [7, 11) is 0. The SMILES string of the molecule is CC(=O)N1C[C@@H]2CN(C(=O)CCc3ccc(O)cc3)C[C@]2(CCc2ccccc2)C1. The monoisotopic (exact) mass is 406 g/mol. The fraction of sp³-hybridized carbons (Fsp3) is 0.440. The smallest absolute Gasteiger partial charge is 0.222 e. The average Bonchev–Trinajstić information content (AvgIpc) is 3.27. The van der Waals surface area contributed by atoms with Crippen molar-refractivity contribution >= 4 is 11.8 Å². The maximum atomic E-state index is 12.9. The van der Waals surface area contributed by atoms with Crippen molar-refractivity contribution in [1.82, 2.24) is 9.80 Å². The molecule has 2 atom stereocenters. The Morgan fingerprint density at radius 3 is 2.27 bits per heavy atom. The summed E-state index contributed by atoms with van der Waals surface area (Å²) in [5.41, 5.74) is 2.36. The molecule has 0 aliphatic carbocycles. The molecule has 0 bridgehead atoms. The summed E-state index contributed by atoms with van der Waals surface area (Å²) >= 11 is 0. The van der Waals surface area contributed by atoms with Gasteiger partial charge in [-0.15, -0.1) is 0 Å². The zero-order valence-corrected chi connectivity index (χ0v) is 17.6. The Hall–Kier alpha value is -2.82. The highest BCUT2D eigenvalue weighted by molar-refractivity contribution is 5.77. The first kappa shape index (κ1) is 20.5. The summed E-state index contributed by atoms with van der Waals surface area (Å²) in [5.74, 6) is 0.912.